The molecule has 8 heteroatoms. The van der Waals surface area contributed by atoms with Crippen LogP contribution in [0, 0.1) is 6.92 Å². The van der Waals surface area contributed by atoms with Crippen LogP contribution in [0.4, 0.5) is 5.69 Å². The van der Waals surface area contributed by atoms with E-state index in [1.54, 1.807) is 36.4 Å². The number of carbonyl (C=O) groups is 1. The summed E-state index contributed by atoms with van der Waals surface area (Å²) in [7, 11) is -0.0552. The van der Waals surface area contributed by atoms with Crippen molar-refractivity contribution < 1.29 is 13.2 Å². The molecular weight excluding hydrogens is 394 g/mol. The Labute approximate surface area is 172 Å². The number of benzene rings is 2. The monoisotopic (exact) mass is 421 g/mol. The Morgan fingerprint density at radius 1 is 1.04 bits per heavy atom. The normalized spacial score (nSPS) is 11.5. The maximum Gasteiger partial charge on any atom is 0.264 e. The van der Waals surface area contributed by atoms with Crippen LogP contribution in [0.2, 0.25) is 0 Å². The van der Waals surface area contributed by atoms with Gasteiger partial charge in [-0.05, 0) is 63.7 Å². The number of thioether (sulfide) groups is 1. The average Bonchev–Trinajstić information content (AvgIpc) is 2.66. The van der Waals surface area contributed by atoms with Crippen molar-refractivity contribution in [1.82, 2.24) is 10.2 Å². The number of aryl methyl sites for hydroxylation is 1. The Hall–Kier alpha value is -2.03. The van der Waals surface area contributed by atoms with E-state index in [1.165, 1.54) is 11.8 Å². The Bertz CT molecular complexity index is 880. The summed E-state index contributed by atoms with van der Waals surface area (Å²) >= 11 is 1.54. The lowest BCUT2D eigenvalue weighted by molar-refractivity contribution is -0.119. The first kappa shape index (κ1) is 22.3. The lowest BCUT2D eigenvalue weighted by Crippen LogP contribution is -2.42. The molecule has 0 spiro atoms. The maximum atomic E-state index is 13.3. The second-order valence-corrected chi connectivity index (χ2v) is 9.42. The van der Waals surface area contributed by atoms with E-state index in [4.69, 9.17) is 0 Å². The van der Waals surface area contributed by atoms with Crippen molar-refractivity contribution in [2.75, 3.05) is 44.3 Å². The van der Waals surface area contributed by atoms with Crippen LogP contribution in [-0.2, 0) is 14.8 Å². The zero-order valence-corrected chi connectivity index (χ0v) is 18.3. The molecule has 2 aromatic rings. The Balaban J connectivity index is 2.31. The number of sulfonamides is 1. The van der Waals surface area contributed by atoms with E-state index < -0.39 is 10.0 Å². The molecule has 0 aliphatic rings. The Morgan fingerprint density at radius 2 is 1.64 bits per heavy atom. The molecule has 0 fully saturated rings. The van der Waals surface area contributed by atoms with E-state index in [0.717, 1.165) is 14.8 Å². The molecule has 1 amide bonds. The van der Waals surface area contributed by atoms with Gasteiger partial charge in [0.05, 0.1) is 10.6 Å². The number of carbonyl (C=O) groups excluding carboxylic acids is 1. The third-order valence-electron chi connectivity index (χ3n) is 4.14. The summed E-state index contributed by atoms with van der Waals surface area (Å²) in [5, 5.41) is 2.78. The molecule has 6 nitrogen and oxygen atoms in total. The van der Waals surface area contributed by atoms with Crippen molar-refractivity contribution in [3.63, 3.8) is 0 Å². The number of hydrogen-bond donors (Lipinski definition) is 1. The number of anilines is 1. The third-order valence-corrected chi connectivity index (χ3v) is 6.67. The van der Waals surface area contributed by atoms with Crippen LogP contribution >= 0.6 is 11.8 Å². The fourth-order valence-electron chi connectivity index (χ4n) is 2.51. The van der Waals surface area contributed by atoms with Crippen molar-refractivity contribution in [1.29, 1.82) is 0 Å². The minimum absolute atomic E-state index is 0.159. The highest BCUT2D eigenvalue weighted by Gasteiger charge is 2.27. The van der Waals surface area contributed by atoms with Crippen LogP contribution in [0.25, 0.3) is 0 Å². The number of likely N-dealkylation sites (N-methyl/N-ethyl adjacent to an activating group) is 1. The second-order valence-electron chi connectivity index (χ2n) is 6.68. The molecule has 2 aromatic carbocycles. The molecule has 0 aliphatic carbocycles. The summed E-state index contributed by atoms with van der Waals surface area (Å²) in [6.45, 7) is 2.79. The second kappa shape index (κ2) is 9.95. The van der Waals surface area contributed by atoms with E-state index >= 15 is 0 Å². The van der Waals surface area contributed by atoms with Crippen LogP contribution in [0.1, 0.15) is 5.56 Å². The lowest BCUT2D eigenvalue weighted by Gasteiger charge is -2.24. The molecule has 0 atom stereocenters. The van der Waals surface area contributed by atoms with Crippen LogP contribution in [0.15, 0.2) is 58.3 Å². The minimum Gasteiger partial charge on any atom is -0.353 e. The number of nitrogens with one attached hydrogen (secondary N) is 1. The average molecular weight is 422 g/mol. The smallest absolute Gasteiger partial charge is 0.264 e. The van der Waals surface area contributed by atoms with Gasteiger partial charge in [0.1, 0.15) is 6.54 Å². The van der Waals surface area contributed by atoms with Gasteiger partial charge >= 0.3 is 0 Å². The number of nitrogens with zero attached hydrogens (tertiary/aromatic N) is 2. The quantitative estimate of drug-likeness (QED) is 0.630. The summed E-state index contributed by atoms with van der Waals surface area (Å²) in [6.07, 6.45) is 1.93. The molecule has 2 rings (SSSR count). The molecule has 152 valence electrons. The molecule has 0 heterocycles. The van der Waals surface area contributed by atoms with Gasteiger partial charge in [0.2, 0.25) is 5.91 Å². The van der Waals surface area contributed by atoms with Crippen LogP contribution < -0.4 is 9.62 Å². The van der Waals surface area contributed by atoms with E-state index in [0.29, 0.717) is 18.8 Å². The summed E-state index contributed by atoms with van der Waals surface area (Å²) in [5.74, 6) is -0.341. The first-order valence-corrected chi connectivity index (χ1v) is 11.6. The summed E-state index contributed by atoms with van der Waals surface area (Å²) in [4.78, 5) is 15.5. The van der Waals surface area contributed by atoms with E-state index in [1.807, 2.05) is 44.3 Å². The fraction of sp³-hybridized carbons (Fsp3) is 0.350. The molecule has 0 unspecified atom stereocenters. The molecule has 0 saturated carbocycles. The zero-order valence-electron chi connectivity index (χ0n) is 16.7. The van der Waals surface area contributed by atoms with Gasteiger partial charge in [0.15, 0.2) is 0 Å². The molecule has 0 bridgehead atoms. The van der Waals surface area contributed by atoms with Gasteiger partial charge in [-0.25, -0.2) is 8.42 Å². The predicted molar refractivity (Wildman–Crippen MR) is 115 cm³/mol. The Morgan fingerprint density at radius 3 is 2.18 bits per heavy atom. The standard InChI is InChI=1S/C20H27N3O3S2/c1-16-5-7-17(8-6-16)23(15-20(24)21-13-14-22(2)3)28(25,26)19-11-9-18(27-4)10-12-19/h5-12H,13-15H2,1-4H3,(H,21,24). The van der Waals surface area contributed by atoms with Crippen LogP contribution in [0.3, 0.4) is 0 Å². The van der Waals surface area contributed by atoms with Gasteiger partial charge < -0.3 is 10.2 Å². The van der Waals surface area contributed by atoms with Gasteiger partial charge in [-0.3, -0.25) is 9.10 Å². The SMILES string of the molecule is CSc1ccc(S(=O)(=O)N(CC(=O)NCCN(C)C)c2ccc(C)cc2)cc1. The van der Waals surface area contributed by atoms with Gasteiger partial charge in [-0.15, -0.1) is 11.8 Å². The van der Waals surface area contributed by atoms with Crippen LogP contribution in [0.5, 0.6) is 0 Å². The van der Waals surface area contributed by atoms with Crippen molar-refractivity contribution in [2.24, 2.45) is 0 Å². The highest BCUT2D eigenvalue weighted by atomic mass is 32.2. The Kier molecular flexibility index (Phi) is 7.91. The molecule has 28 heavy (non-hydrogen) atoms. The zero-order chi connectivity index (χ0) is 20.7. The first-order valence-electron chi connectivity index (χ1n) is 8.89. The summed E-state index contributed by atoms with van der Waals surface area (Å²) < 4.78 is 27.7. The van der Waals surface area contributed by atoms with Crippen molar-refractivity contribution in [3.05, 3.63) is 54.1 Å². The molecular formula is C20H27N3O3S2. The molecule has 0 aromatic heterocycles. The van der Waals surface area contributed by atoms with E-state index in [9.17, 15) is 13.2 Å². The first-order chi connectivity index (χ1) is 13.2. The summed E-state index contributed by atoms with van der Waals surface area (Å²) in [5.41, 5.74) is 1.48. The summed E-state index contributed by atoms with van der Waals surface area (Å²) in [6, 6.07) is 13.8. The van der Waals surface area contributed by atoms with Crippen LogP contribution in [-0.4, -0.2) is 59.2 Å². The predicted octanol–water partition coefficient (Wildman–Crippen LogP) is 2.59. The van der Waals surface area contributed by atoms with Crippen molar-refractivity contribution in [2.45, 2.75) is 16.7 Å². The number of rotatable bonds is 9. The van der Waals surface area contributed by atoms with E-state index in [2.05, 4.69) is 5.32 Å². The molecule has 0 aliphatic heterocycles. The molecule has 0 radical (unpaired) electrons. The van der Waals surface area contributed by atoms with Gasteiger partial charge in [0.25, 0.3) is 10.0 Å². The third kappa shape index (κ3) is 5.98. The van der Waals surface area contributed by atoms with Crippen molar-refractivity contribution in [3.8, 4) is 0 Å². The topological polar surface area (TPSA) is 69.7 Å². The highest BCUT2D eigenvalue weighted by molar-refractivity contribution is 7.98. The molecule has 1 N–H and O–H groups in total. The number of amides is 1. The van der Waals surface area contributed by atoms with Crippen molar-refractivity contribution >= 4 is 33.4 Å². The largest absolute Gasteiger partial charge is 0.353 e. The lowest BCUT2D eigenvalue weighted by atomic mass is 10.2. The van der Waals surface area contributed by atoms with Gasteiger partial charge in [-0.2, -0.15) is 0 Å². The minimum atomic E-state index is -3.88. The number of hydrogen-bond acceptors (Lipinski definition) is 5. The maximum absolute atomic E-state index is 13.3. The van der Waals surface area contributed by atoms with Gasteiger partial charge in [0, 0.05) is 18.0 Å². The fourth-order valence-corrected chi connectivity index (χ4v) is 4.34. The molecule has 0 saturated heterocycles. The van der Waals surface area contributed by atoms with Gasteiger partial charge in [-0.1, -0.05) is 17.7 Å². The highest BCUT2D eigenvalue weighted by Crippen LogP contribution is 2.25. The van der Waals surface area contributed by atoms with E-state index in [-0.39, 0.29) is 17.3 Å².